The number of likely N-dealkylation sites (tertiary alicyclic amines) is 1. The lowest BCUT2D eigenvalue weighted by atomic mass is 9.96. The van der Waals surface area contributed by atoms with E-state index in [0.717, 1.165) is 13.1 Å². The largest absolute Gasteiger partial charge is 0.329 e. The zero-order valence-electron chi connectivity index (χ0n) is 7.69. The molecule has 1 fully saturated rings. The molecule has 3 heteroatoms. The minimum Gasteiger partial charge on any atom is -0.329 e. The number of hydrogen-bond acceptors (Lipinski definition) is 3. The fourth-order valence-corrected chi connectivity index (χ4v) is 1.82. The van der Waals surface area contributed by atoms with Gasteiger partial charge in [-0.15, -0.1) is 0 Å². The van der Waals surface area contributed by atoms with E-state index < -0.39 is 0 Å². The predicted octanol–water partition coefficient (Wildman–Crippen LogP) is 0.787. The van der Waals surface area contributed by atoms with Gasteiger partial charge in [-0.25, -0.2) is 0 Å². The van der Waals surface area contributed by atoms with E-state index in [1.807, 2.05) is 18.5 Å². The summed E-state index contributed by atoms with van der Waals surface area (Å²) in [6.07, 6.45) is 5.01. The number of rotatable bonds is 3. The van der Waals surface area contributed by atoms with E-state index in [1.54, 1.807) is 0 Å². The van der Waals surface area contributed by atoms with Crippen molar-refractivity contribution in [3.8, 4) is 0 Å². The highest BCUT2D eigenvalue weighted by molar-refractivity contribution is 5.16. The summed E-state index contributed by atoms with van der Waals surface area (Å²) < 4.78 is 0. The molecule has 2 rings (SSSR count). The molecule has 0 aliphatic carbocycles. The molecule has 3 nitrogen and oxygen atoms in total. The standard InChI is InChI=1S/C10H15N3/c11-4-7-13-6-3-10(13)9-2-1-5-12-8-9/h1-2,5,8,10H,3-4,6-7,11H2. The molecule has 2 N–H and O–H groups in total. The zero-order valence-corrected chi connectivity index (χ0v) is 7.69. The maximum Gasteiger partial charge on any atom is 0.0376 e. The lowest BCUT2D eigenvalue weighted by Gasteiger charge is -2.40. The molecule has 1 saturated heterocycles. The summed E-state index contributed by atoms with van der Waals surface area (Å²) in [5.41, 5.74) is 6.84. The van der Waals surface area contributed by atoms with Gasteiger partial charge in [0.1, 0.15) is 0 Å². The Labute approximate surface area is 78.6 Å². The molecule has 1 aromatic heterocycles. The molecule has 1 aliphatic heterocycles. The van der Waals surface area contributed by atoms with Crippen molar-refractivity contribution in [1.29, 1.82) is 0 Å². The van der Waals surface area contributed by atoms with Crippen LogP contribution in [0.1, 0.15) is 18.0 Å². The van der Waals surface area contributed by atoms with Gasteiger partial charge in [-0.1, -0.05) is 6.07 Å². The Bertz CT molecular complexity index is 260. The molecule has 0 amide bonds. The summed E-state index contributed by atoms with van der Waals surface area (Å²) in [7, 11) is 0. The Hall–Kier alpha value is -0.930. The van der Waals surface area contributed by atoms with E-state index in [9.17, 15) is 0 Å². The molecule has 0 aromatic carbocycles. The summed E-state index contributed by atoms with van der Waals surface area (Å²) in [4.78, 5) is 6.52. The van der Waals surface area contributed by atoms with E-state index in [1.165, 1.54) is 18.5 Å². The first-order valence-electron chi connectivity index (χ1n) is 4.76. The number of nitrogens with two attached hydrogens (primary N) is 1. The van der Waals surface area contributed by atoms with E-state index in [-0.39, 0.29) is 0 Å². The van der Waals surface area contributed by atoms with Crippen LogP contribution in [-0.2, 0) is 0 Å². The van der Waals surface area contributed by atoms with Gasteiger partial charge >= 0.3 is 0 Å². The van der Waals surface area contributed by atoms with Crippen molar-refractivity contribution in [3.63, 3.8) is 0 Å². The van der Waals surface area contributed by atoms with Gasteiger partial charge in [0.2, 0.25) is 0 Å². The summed E-state index contributed by atoms with van der Waals surface area (Å²) in [6.45, 7) is 2.92. The van der Waals surface area contributed by atoms with Crippen molar-refractivity contribution in [2.75, 3.05) is 19.6 Å². The Morgan fingerprint density at radius 1 is 1.62 bits per heavy atom. The fourth-order valence-electron chi connectivity index (χ4n) is 1.82. The topological polar surface area (TPSA) is 42.1 Å². The first-order valence-corrected chi connectivity index (χ1v) is 4.76. The summed E-state index contributed by atoms with van der Waals surface area (Å²) in [6, 6.07) is 4.70. The average molecular weight is 177 g/mol. The molecule has 13 heavy (non-hydrogen) atoms. The molecule has 2 heterocycles. The quantitative estimate of drug-likeness (QED) is 0.742. The molecule has 0 saturated carbocycles. The lowest BCUT2D eigenvalue weighted by molar-refractivity contribution is 0.0948. The molecule has 1 aromatic rings. The third-order valence-corrected chi connectivity index (χ3v) is 2.62. The van der Waals surface area contributed by atoms with Crippen molar-refractivity contribution in [3.05, 3.63) is 30.1 Å². The zero-order chi connectivity index (χ0) is 9.10. The SMILES string of the molecule is NCCN1CCC1c1cccnc1. The van der Waals surface area contributed by atoms with Gasteiger partial charge in [-0.2, -0.15) is 0 Å². The smallest absolute Gasteiger partial charge is 0.0376 e. The number of aromatic nitrogens is 1. The Morgan fingerprint density at radius 2 is 2.54 bits per heavy atom. The van der Waals surface area contributed by atoms with Crippen molar-refractivity contribution in [1.82, 2.24) is 9.88 Å². The second-order valence-corrected chi connectivity index (χ2v) is 3.42. The maximum atomic E-state index is 5.52. The minimum absolute atomic E-state index is 0.567. The van der Waals surface area contributed by atoms with Gasteiger partial charge in [0.15, 0.2) is 0 Å². The van der Waals surface area contributed by atoms with E-state index >= 15 is 0 Å². The summed E-state index contributed by atoms with van der Waals surface area (Å²) in [5.74, 6) is 0. The van der Waals surface area contributed by atoms with Crippen LogP contribution < -0.4 is 5.73 Å². The third-order valence-electron chi connectivity index (χ3n) is 2.62. The van der Waals surface area contributed by atoms with Crippen LogP contribution in [0, 0.1) is 0 Å². The highest BCUT2D eigenvalue weighted by Crippen LogP contribution is 2.31. The van der Waals surface area contributed by atoms with Gasteiger partial charge in [0.05, 0.1) is 0 Å². The maximum absolute atomic E-state index is 5.52. The lowest BCUT2D eigenvalue weighted by Crippen LogP contribution is -2.43. The van der Waals surface area contributed by atoms with Crippen LogP contribution in [-0.4, -0.2) is 29.5 Å². The van der Waals surface area contributed by atoms with Crippen LogP contribution >= 0.6 is 0 Å². The summed E-state index contributed by atoms with van der Waals surface area (Å²) >= 11 is 0. The molecule has 1 aliphatic rings. The first kappa shape index (κ1) is 8.66. The van der Waals surface area contributed by atoms with Crippen LogP contribution in [0.4, 0.5) is 0 Å². The van der Waals surface area contributed by atoms with Crippen LogP contribution in [0.3, 0.4) is 0 Å². The highest BCUT2D eigenvalue weighted by atomic mass is 15.2. The monoisotopic (exact) mass is 177 g/mol. The van der Waals surface area contributed by atoms with Crippen molar-refractivity contribution < 1.29 is 0 Å². The molecule has 0 bridgehead atoms. The Morgan fingerprint density at radius 3 is 3.08 bits per heavy atom. The van der Waals surface area contributed by atoms with Crippen molar-refractivity contribution in [2.45, 2.75) is 12.5 Å². The molecule has 1 atom stereocenters. The van der Waals surface area contributed by atoms with Crippen LogP contribution in [0.2, 0.25) is 0 Å². The highest BCUT2D eigenvalue weighted by Gasteiger charge is 2.28. The Balaban J connectivity index is 2.02. The fraction of sp³-hybridized carbons (Fsp3) is 0.500. The average Bonchev–Trinajstić information content (AvgIpc) is 2.14. The number of nitrogens with zero attached hydrogens (tertiary/aromatic N) is 2. The molecular formula is C10H15N3. The summed E-state index contributed by atoms with van der Waals surface area (Å²) in [5, 5.41) is 0. The van der Waals surface area contributed by atoms with E-state index in [0.29, 0.717) is 6.04 Å². The van der Waals surface area contributed by atoms with Gasteiger partial charge in [0.25, 0.3) is 0 Å². The molecular weight excluding hydrogens is 162 g/mol. The van der Waals surface area contributed by atoms with Gasteiger partial charge in [-0.05, 0) is 18.1 Å². The van der Waals surface area contributed by atoms with E-state index in [2.05, 4.69) is 16.0 Å². The van der Waals surface area contributed by atoms with Gasteiger partial charge < -0.3 is 5.73 Å². The number of pyridine rings is 1. The molecule has 70 valence electrons. The van der Waals surface area contributed by atoms with Gasteiger partial charge in [0, 0.05) is 38.1 Å². The van der Waals surface area contributed by atoms with E-state index in [4.69, 9.17) is 5.73 Å². The second-order valence-electron chi connectivity index (χ2n) is 3.42. The Kier molecular flexibility index (Phi) is 2.57. The minimum atomic E-state index is 0.567. The van der Waals surface area contributed by atoms with Crippen LogP contribution in [0.25, 0.3) is 0 Å². The first-order chi connectivity index (χ1) is 6.42. The van der Waals surface area contributed by atoms with Crippen LogP contribution in [0.5, 0.6) is 0 Å². The molecule has 0 spiro atoms. The molecule has 0 radical (unpaired) electrons. The van der Waals surface area contributed by atoms with Crippen molar-refractivity contribution >= 4 is 0 Å². The van der Waals surface area contributed by atoms with Crippen LogP contribution in [0.15, 0.2) is 24.5 Å². The predicted molar refractivity (Wildman–Crippen MR) is 52.2 cm³/mol. The second kappa shape index (κ2) is 3.85. The third kappa shape index (κ3) is 1.71. The van der Waals surface area contributed by atoms with Gasteiger partial charge in [-0.3, -0.25) is 9.88 Å². The normalized spacial score (nSPS) is 22.7. The number of hydrogen-bond donors (Lipinski definition) is 1. The van der Waals surface area contributed by atoms with Crippen molar-refractivity contribution in [2.24, 2.45) is 5.73 Å². The molecule has 1 unspecified atom stereocenters.